The summed E-state index contributed by atoms with van der Waals surface area (Å²) in [6, 6.07) is 6.78. The van der Waals surface area contributed by atoms with Crippen molar-refractivity contribution in [2.75, 3.05) is 12.8 Å². The van der Waals surface area contributed by atoms with Gasteiger partial charge in [0.25, 0.3) is 0 Å². The van der Waals surface area contributed by atoms with Crippen LogP contribution in [-0.4, -0.2) is 26.3 Å². The van der Waals surface area contributed by atoms with E-state index in [-0.39, 0.29) is 6.54 Å². The van der Waals surface area contributed by atoms with Gasteiger partial charge in [0.15, 0.2) is 5.60 Å². The standard InChI is InChI=1S/C11H13NO4S2/c1-18(14,15)12-8-11(13,9-4-2-6-16-9)10-5-3-7-17-10/h2-7,12-13H,8H2,1H3. The van der Waals surface area contributed by atoms with Gasteiger partial charge in [-0.05, 0) is 23.6 Å². The molecule has 0 saturated heterocycles. The third-order valence-corrected chi connectivity index (χ3v) is 4.14. The van der Waals surface area contributed by atoms with E-state index in [1.807, 2.05) is 5.38 Å². The van der Waals surface area contributed by atoms with Gasteiger partial charge in [-0.3, -0.25) is 0 Å². The Morgan fingerprint density at radius 2 is 2.22 bits per heavy atom. The van der Waals surface area contributed by atoms with E-state index in [0.29, 0.717) is 10.6 Å². The Balaban J connectivity index is 2.35. The molecule has 0 aliphatic heterocycles. The molecule has 5 nitrogen and oxygen atoms in total. The van der Waals surface area contributed by atoms with Crippen LogP contribution < -0.4 is 4.72 Å². The number of thiophene rings is 1. The Morgan fingerprint density at radius 1 is 1.44 bits per heavy atom. The fraction of sp³-hybridized carbons (Fsp3) is 0.273. The third kappa shape index (κ3) is 2.81. The van der Waals surface area contributed by atoms with Crippen molar-refractivity contribution < 1.29 is 17.9 Å². The number of furan rings is 1. The maximum absolute atomic E-state index is 11.2. The molecule has 0 bridgehead atoms. The molecule has 0 fully saturated rings. The molecule has 0 radical (unpaired) electrons. The molecule has 2 rings (SSSR count). The highest BCUT2D eigenvalue weighted by atomic mass is 32.2. The molecule has 1 unspecified atom stereocenters. The topological polar surface area (TPSA) is 79.5 Å². The minimum absolute atomic E-state index is 0.167. The van der Waals surface area contributed by atoms with Crippen molar-refractivity contribution in [2.45, 2.75) is 5.60 Å². The Labute approximate surface area is 109 Å². The minimum atomic E-state index is -3.39. The van der Waals surface area contributed by atoms with E-state index >= 15 is 0 Å². The molecule has 0 saturated carbocycles. The maximum atomic E-state index is 11.2. The van der Waals surface area contributed by atoms with Crippen LogP contribution in [0.5, 0.6) is 0 Å². The predicted molar refractivity (Wildman–Crippen MR) is 68.9 cm³/mol. The van der Waals surface area contributed by atoms with Gasteiger partial charge < -0.3 is 9.52 Å². The van der Waals surface area contributed by atoms with Gasteiger partial charge in [-0.25, -0.2) is 13.1 Å². The lowest BCUT2D eigenvalue weighted by molar-refractivity contribution is 0.0655. The molecular weight excluding hydrogens is 274 g/mol. The molecule has 0 aromatic carbocycles. The highest BCUT2D eigenvalue weighted by Gasteiger charge is 2.36. The van der Waals surface area contributed by atoms with Crippen molar-refractivity contribution in [2.24, 2.45) is 0 Å². The van der Waals surface area contributed by atoms with E-state index in [4.69, 9.17) is 4.42 Å². The van der Waals surface area contributed by atoms with Gasteiger partial charge in [0.1, 0.15) is 5.76 Å². The number of sulfonamides is 1. The second-order valence-corrected chi connectivity index (χ2v) is 6.69. The van der Waals surface area contributed by atoms with Crippen molar-refractivity contribution in [1.29, 1.82) is 0 Å². The first-order chi connectivity index (χ1) is 8.42. The number of rotatable bonds is 5. The molecule has 0 aliphatic rings. The van der Waals surface area contributed by atoms with Crippen LogP contribution in [0.3, 0.4) is 0 Å². The summed E-state index contributed by atoms with van der Waals surface area (Å²) >= 11 is 1.33. The smallest absolute Gasteiger partial charge is 0.208 e. The molecule has 98 valence electrons. The summed E-state index contributed by atoms with van der Waals surface area (Å²) in [6.07, 6.45) is 2.48. The lowest BCUT2D eigenvalue weighted by Gasteiger charge is -2.24. The van der Waals surface area contributed by atoms with Crippen molar-refractivity contribution in [3.63, 3.8) is 0 Å². The Bertz CT molecular complexity index is 553. The van der Waals surface area contributed by atoms with Crippen molar-refractivity contribution in [3.05, 3.63) is 46.5 Å². The van der Waals surface area contributed by atoms with Gasteiger partial charge >= 0.3 is 0 Å². The third-order valence-electron chi connectivity index (χ3n) is 2.45. The van der Waals surface area contributed by atoms with Crippen LogP contribution in [-0.2, 0) is 15.6 Å². The summed E-state index contributed by atoms with van der Waals surface area (Å²) < 4.78 is 29.9. The highest BCUT2D eigenvalue weighted by Crippen LogP contribution is 2.32. The molecule has 2 aromatic rings. The number of aliphatic hydroxyl groups is 1. The first kappa shape index (κ1) is 13.3. The summed E-state index contributed by atoms with van der Waals surface area (Å²) in [5, 5.41) is 12.5. The number of hydrogen-bond acceptors (Lipinski definition) is 5. The zero-order chi connectivity index (χ0) is 13.2. The van der Waals surface area contributed by atoms with E-state index in [0.717, 1.165) is 6.26 Å². The highest BCUT2D eigenvalue weighted by molar-refractivity contribution is 7.88. The zero-order valence-corrected chi connectivity index (χ0v) is 11.3. The maximum Gasteiger partial charge on any atom is 0.208 e. The van der Waals surface area contributed by atoms with Crippen LogP contribution in [0, 0.1) is 0 Å². The van der Waals surface area contributed by atoms with Crippen LogP contribution in [0.2, 0.25) is 0 Å². The van der Waals surface area contributed by atoms with E-state index in [9.17, 15) is 13.5 Å². The monoisotopic (exact) mass is 287 g/mol. The van der Waals surface area contributed by atoms with Crippen molar-refractivity contribution >= 4 is 21.4 Å². The summed E-state index contributed by atoms with van der Waals surface area (Å²) in [5.41, 5.74) is -1.49. The van der Waals surface area contributed by atoms with Gasteiger partial charge in [-0.1, -0.05) is 6.07 Å². The van der Waals surface area contributed by atoms with Crippen LogP contribution in [0.1, 0.15) is 10.6 Å². The quantitative estimate of drug-likeness (QED) is 0.864. The lowest BCUT2D eigenvalue weighted by atomic mass is 9.99. The van der Waals surface area contributed by atoms with Crippen LogP contribution >= 0.6 is 11.3 Å². The Morgan fingerprint density at radius 3 is 2.72 bits per heavy atom. The largest absolute Gasteiger partial charge is 0.466 e. The molecule has 2 heterocycles. The molecular formula is C11H13NO4S2. The second kappa shape index (κ2) is 4.85. The summed E-state index contributed by atoms with van der Waals surface area (Å²) in [4.78, 5) is 0.619. The Kier molecular flexibility index (Phi) is 3.58. The van der Waals surface area contributed by atoms with E-state index < -0.39 is 15.6 Å². The van der Waals surface area contributed by atoms with Gasteiger partial charge in [0, 0.05) is 4.88 Å². The summed E-state index contributed by atoms with van der Waals surface area (Å²) in [5.74, 6) is 0.307. The predicted octanol–water partition coefficient (Wildman–Crippen LogP) is 1.13. The second-order valence-electron chi connectivity index (χ2n) is 3.91. The zero-order valence-electron chi connectivity index (χ0n) is 9.66. The number of nitrogens with one attached hydrogen (secondary N) is 1. The van der Waals surface area contributed by atoms with Crippen LogP contribution in [0.15, 0.2) is 40.3 Å². The molecule has 0 amide bonds. The van der Waals surface area contributed by atoms with Gasteiger partial charge in [-0.15, -0.1) is 11.3 Å². The summed E-state index contributed by atoms with van der Waals surface area (Å²) in [6.45, 7) is -0.167. The molecule has 0 spiro atoms. The lowest BCUT2D eigenvalue weighted by Crippen LogP contribution is -2.40. The molecule has 2 aromatic heterocycles. The minimum Gasteiger partial charge on any atom is -0.466 e. The van der Waals surface area contributed by atoms with Crippen LogP contribution in [0.4, 0.5) is 0 Å². The number of hydrogen-bond donors (Lipinski definition) is 2. The SMILES string of the molecule is CS(=O)(=O)NCC(O)(c1ccco1)c1cccs1. The van der Waals surface area contributed by atoms with Crippen molar-refractivity contribution in [1.82, 2.24) is 4.72 Å². The molecule has 2 N–H and O–H groups in total. The fourth-order valence-corrected chi connectivity index (χ4v) is 2.86. The molecule has 18 heavy (non-hydrogen) atoms. The average Bonchev–Trinajstić information content (AvgIpc) is 2.97. The molecule has 0 aliphatic carbocycles. The van der Waals surface area contributed by atoms with E-state index in [1.165, 1.54) is 17.6 Å². The van der Waals surface area contributed by atoms with E-state index in [1.54, 1.807) is 24.3 Å². The first-order valence-corrected chi connectivity index (χ1v) is 7.94. The Hall–Kier alpha value is -1.15. The van der Waals surface area contributed by atoms with Gasteiger partial charge in [0.05, 0.1) is 19.1 Å². The van der Waals surface area contributed by atoms with Crippen molar-refractivity contribution in [3.8, 4) is 0 Å². The van der Waals surface area contributed by atoms with Gasteiger partial charge in [-0.2, -0.15) is 0 Å². The van der Waals surface area contributed by atoms with Crippen LogP contribution in [0.25, 0.3) is 0 Å². The fourth-order valence-electron chi connectivity index (χ4n) is 1.56. The molecule has 7 heteroatoms. The van der Waals surface area contributed by atoms with Gasteiger partial charge in [0.2, 0.25) is 10.0 Å². The molecule has 1 atom stereocenters. The average molecular weight is 287 g/mol. The first-order valence-electron chi connectivity index (χ1n) is 5.17. The van der Waals surface area contributed by atoms with E-state index in [2.05, 4.69) is 4.72 Å². The summed E-state index contributed by atoms with van der Waals surface area (Å²) in [7, 11) is -3.39. The normalized spacial score (nSPS) is 15.4.